The first-order valence-corrected chi connectivity index (χ1v) is 9.06. The Kier molecular flexibility index (Phi) is 4.46. The maximum Gasteiger partial charge on any atom is 0.117 e. The Morgan fingerprint density at radius 3 is 2.62 bits per heavy atom. The molecule has 2 heteroatoms. The molecule has 0 saturated carbocycles. The fraction of sp³-hybridized carbons (Fsp3) is 0.208. The third-order valence-electron chi connectivity index (χ3n) is 5.11. The highest BCUT2D eigenvalue weighted by molar-refractivity contribution is 5.57. The minimum Gasteiger partial charge on any atom is -0.353 e. The largest absolute Gasteiger partial charge is 0.353 e. The molecule has 3 aromatic rings. The molecule has 2 nitrogen and oxygen atoms in total. The van der Waals surface area contributed by atoms with Crippen molar-refractivity contribution in [1.29, 1.82) is 0 Å². The number of hydrogen-bond acceptors (Lipinski definition) is 2. The predicted molar refractivity (Wildman–Crippen MR) is 107 cm³/mol. The Labute approximate surface area is 155 Å². The van der Waals surface area contributed by atoms with E-state index in [1.165, 1.54) is 27.9 Å². The number of hydrogen-bond donors (Lipinski definition) is 0. The van der Waals surface area contributed by atoms with Crippen LogP contribution in [-0.2, 0) is 6.42 Å². The van der Waals surface area contributed by atoms with Gasteiger partial charge in [-0.15, -0.1) is 0 Å². The van der Waals surface area contributed by atoms with Crippen molar-refractivity contribution < 1.29 is 0 Å². The molecule has 0 amide bonds. The highest BCUT2D eigenvalue weighted by Gasteiger charge is 2.26. The molecule has 0 fully saturated rings. The van der Waals surface area contributed by atoms with E-state index >= 15 is 0 Å². The highest BCUT2D eigenvalue weighted by atomic mass is 15.2. The van der Waals surface area contributed by atoms with Crippen molar-refractivity contribution in [3.8, 4) is 11.8 Å². The maximum absolute atomic E-state index is 4.35. The van der Waals surface area contributed by atoms with Crippen LogP contribution in [0.2, 0.25) is 0 Å². The first-order valence-electron chi connectivity index (χ1n) is 9.06. The van der Waals surface area contributed by atoms with Crippen LogP contribution in [0.5, 0.6) is 0 Å². The third-order valence-corrected chi connectivity index (χ3v) is 5.11. The summed E-state index contributed by atoms with van der Waals surface area (Å²) in [6, 6.07) is 21.3. The molecule has 0 N–H and O–H groups in total. The monoisotopic (exact) mass is 338 g/mol. The van der Waals surface area contributed by atoms with Crippen molar-refractivity contribution in [2.24, 2.45) is 0 Å². The van der Waals surface area contributed by atoms with Gasteiger partial charge in [0, 0.05) is 18.4 Å². The number of rotatable bonds is 1. The summed E-state index contributed by atoms with van der Waals surface area (Å²) in [6.07, 6.45) is 2.84. The SMILES string of the molecule is Cc1ccc(N2CCc3ccccc3[C@@H]2C#Cc2ccccn2)cc1C. The lowest BCUT2D eigenvalue weighted by Crippen LogP contribution is -2.34. The Balaban J connectivity index is 1.78. The number of benzene rings is 2. The fourth-order valence-corrected chi connectivity index (χ4v) is 3.48. The van der Waals surface area contributed by atoms with E-state index < -0.39 is 0 Å². The lowest BCUT2D eigenvalue weighted by molar-refractivity contribution is 0.681. The van der Waals surface area contributed by atoms with Gasteiger partial charge in [-0.2, -0.15) is 0 Å². The van der Waals surface area contributed by atoms with Crippen LogP contribution in [-0.4, -0.2) is 11.5 Å². The van der Waals surface area contributed by atoms with E-state index in [1.807, 2.05) is 18.2 Å². The van der Waals surface area contributed by atoms with Gasteiger partial charge in [0.1, 0.15) is 11.7 Å². The molecule has 0 aliphatic carbocycles. The van der Waals surface area contributed by atoms with Gasteiger partial charge in [0.15, 0.2) is 0 Å². The van der Waals surface area contributed by atoms with E-state index in [0.29, 0.717) is 0 Å². The van der Waals surface area contributed by atoms with Gasteiger partial charge in [-0.3, -0.25) is 0 Å². The molecular weight excluding hydrogens is 316 g/mol. The molecule has 128 valence electrons. The molecular formula is C24H22N2. The highest BCUT2D eigenvalue weighted by Crippen LogP contribution is 2.34. The van der Waals surface area contributed by atoms with Crippen LogP contribution in [0.3, 0.4) is 0 Å². The zero-order valence-corrected chi connectivity index (χ0v) is 15.2. The molecule has 0 bridgehead atoms. The van der Waals surface area contributed by atoms with Crippen LogP contribution in [0.15, 0.2) is 66.9 Å². The van der Waals surface area contributed by atoms with Gasteiger partial charge < -0.3 is 4.90 Å². The van der Waals surface area contributed by atoms with Crippen molar-refractivity contribution in [3.05, 3.63) is 94.8 Å². The summed E-state index contributed by atoms with van der Waals surface area (Å²) in [5, 5.41) is 0. The molecule has 2 aromatic carbocycles. The molecule has 4 rings (SSSR count). The van der Waals surface area contributed by atoms with Crippen LogP contribution >= 0.6 is 0 Å². The van der Waals surface area contributed by atoms with Crippen LogP contribution in [0.25, 0.3) is 0 Å². The number of pyridine rings is 1. The van der Waals surface area contributed by atoms with Gasteiger partial charge in [0.05, 0.1) is 0 Å². The average Bonchev–Trinajstić information content (AvgIpc) is 2.69. The maximum atomic E-state index is 4.35. The van der Waals surface area contributed by atoms with Crippen LogP contribution in [0.1, 0.15) is 34.0 Å². The molecule has 1 aliphatic rings. The number of aryl methyl sites for hydroxylation is 2. The van der Waals surface area contributed by atoms with Gasteiger partial charge in [0.25, 0.3) is 0 Å². The van der Waals surface area contributed by atoms with Crippen molar-refractivity contribution in [2.45, 2.75) is 26.3 Å². The second kappa shape index (κ2) is 7.06. The predicted octanol–water partition coefficient (Wildman–Crippen LogP) is 4.85. The summed E-state index contributed by atoms with van der Waals surface area (Å²) in [6.45, 7) is 5.30. The lowest BCUT2D eigenvalue weighted by Gasteiger charge is -2.36. The van der Waals surface area contributed by atoms with Crippen LogP contribution < -0.4 is 4.90 Å². The summed E-state index contributed by atoms with van der Waals surface area (Å²) in [5.41, 5.74) is 7.40. The van der Waals surface area contributed by atoms with Gasteiger partial charge >= 0.3 is 0 Å². The smallest absolute Gasteiger partial charge is 0.117 e. The van der Waals surface area contributed by atoms with Gasteiger partial charge in [0.2, 0.25) is 0 Å². The normalized spacial score (nSPS) is 15.8. The van der Waals surface area contributed by atoms with Crippen LogP contribution in [0.4, 0.5) is 5.69 Å². The molecule has 0 saturated heterocycles. The summed E-state index contributed by atoms with van der Waals surface area (Å²) in [4.78, 5) is 6.77. The molecule has 1 aliphatic heterocycles. The second-order valence-corrected chi connectivity index (χ2v) is 6.80. The lowest BCUT2D eigenvalue weighted by atomic mass is 9.92. The van der Waals surface area contributed by atoms with E-state index in [-0.39, 0.29) is 6.04 Å². The van der Waals surface area contributed by atoms with E-state index in [1.54, 1.807) is 6.20 Å². The quantitative estimate of drug-likeness (QED) is 0.589. The zero-order chi connectivity index (χ0) is 17.9. The summed E-state index contributed by atoms with van der Waals surface area (Å²) in [5.74, 6) is 6.77. The molecule has 1 atom stereocenters. The third kappa shape index (κ3) is 3.21. The number of fused-ring (bicyclic) bond motifs is 1. The summed E-state index contributed by atoms with van der Waals surface area (Å²) < 4.78 is 0. The van der Waals surface area contributed by atoms with E-state index in [9.17, 15) is 0 Å². The second-order valence-electron chi connectivity index (χ2n) is 6.80. The van der Waals surface area contributed by atoms with Crippen LogP contribution in [0, 0.1) is 25.7 Å². The van der Waals surface area contributed by atoms with Gasteiger partial charge in [-0.25, -0.2) is 4.98 Å². The molecule has 26 heavy (non-hydrogen) atoms. The van der Waals surface area contributed by atoms with Crippen molar-refractivity contribution in [2.75, 3.05) is 11.4 Å². The number of aromatic nitrogens is 1. The summed E-state index contributed by atoms with van der Waals surface area (Å²) >= 11 is 0. The molecule has 2 heterocycles. The van der Waals surface area contributed by atoms with E-state index in [0.717, 1.165) is 18.7 Å². The standard InChI is InChI=1S/C24H22N2/c1-18-10-12-22(17-19(18)2)26-16-14-20-7-3-4-9-23(20)24(26)13-11-21-8-5-6-15-25-21/h3-10,12,15,17,24H,14,16H2,1-2H3/t24-/m0/s1. The van der Waals surface area contributed by atoms with Crippen molar-refractivity contribution in [3.63, 3.8) is 0 Å². The molecule has 1 aromatic heterocycles. The number of nitrogens with zero attached hydrogens (tertiary/aromatic N) is 2. The summed E-state index contributed by atoms with van der Waals surface area (Å²) in [7, 11) is 0. The Morgan fingerprint density at radius 1 is 0.962 bits per heavy atom. The minimum atomic E-state index is 0.0454. The Morgan fingerprint density at radius 2 is 1.81 bits per heavy atom. The minimum absolute atomic E-state index is 0.0454. The first kappa shape index (κ1) is 16.4. The fourth-order valence-electron chi connectivity index (χ4n) is 3.48. The van der Waals surface area contributed by atoms with Gasteiger partial charge in [-0.1, -0.05) is 42.3 Å². The van der Waals surface area contributed by atoms with Gasteiger partial charge in [-0.05, 0) is 72.7 Å². The Hall–Kier alpha value is -3.05. The average molecular weight is 338 g/mol. The van der Waals surface area contributed by atoms with Crippen molar-refractivity contribution in [1.82, 2.24) is 4.98 Å². The zero-order valence-electron chi connectivity index (χ0n) is 15.2. The first-order chi connectivity index (χ1) is 12.7. The van der Waals surface area contributed by atoms with E-state index in [2.05, 4.69) is 78.0 Å². The van der Waals surface area contributed by atoms with Crippen molar-refractivity contribution >= 4 is 5.69 Å². The molecule has 0 radical (unpaired) electrons. The van der Waals surface area contributed by atoms with E-state index in [4.69, 9.17) is 0 Å². The number of anilines is 1. The Bertz CT molecular complexity index is 980. The molecule has 0 spiro atoms. The molecule has 0 unspecified atom stereocenters. The topological polar surface area (TPSA) is 16.1 Å².